The number of hydrogen-bond acceptors (Lipinski definition) is 4. The second-order valence-corrected chi connectivity index (χ2v) is 9.85. The van der Waals surface area contributed by atoms with Crippen LogP contribution in [0.3, 0.4) is 0 Å². The summed E-state index contributed by atoms with van der Waals surface area (Å²) in [6, 6.07) is 14.7. The van der Waals surface area contributed by atoms with Crippen LogP contribution in [0.25, 0.3) is 0 Å². The first kappa shape index (κ1) is 23.4. The van der Waals surface area contributed by atoms with Gasteiger partial charge in [-0.15, -0.1) is 0 Å². The van der Waals surface area contributed by atoms with Gasteiger partial charge >= 0.3 is 0 Å². The molecule has 0 bridgehead atoms. The van der Waals surface area contributed by atoms with Crippen LogP contribution in [0.2, 0.25) is 0 Å². The highest BCUT2D eigenvalue weighted by Gasteiger charge is 2.34. The predicted octanol–water partition coefficient (Wildman–Crippen LogP) is 4.01. The summed E-state index contributed by atoms with van der Waals surface area (Å²) >= 11 is 0. The lowest BCUT2D eigenvalue weighted by Crippen LogP contribution is -2.38. The topological polar surface area (TPSA) is 73.0 Å². The summed E-state index contributed by atoms with van der Waals surface area (Å²) in [5.41, 5.74) is 2.70. The molecule has 3 fully saturated rings. The summed E-state index contributed by atoms with van der Waals surface area (Å²) in [6.45, 7) is 4.48. The van der Waals surface area contributed by atoms with E-state index < -0.39 is 0 Å². The van der Waals surface area contributed by atoms with Crippen molar-refractivity contribution in [2.75, 3.05) is 49.5 Å². The number of rotatable bonds is 5. The summed E-state index contributed by atoms with van der Waals surface area (Å²) < 4.78 is 0. The van der Waals surface area contributed by atoms with Crippen molar-refractivity contribution in [3.63, 3.8) is 0 Å². The Hall–Kier alpha value is -3.35. The quantitative estimate of drug-likeness (QED) is 0.711. The number of hydrogen-bond donors (Lipinski definition) is 1. The number of nitrogens with one attached hydrogen (secondary N) is 1. The van der Waals surface area contributed by atoms with Gasteiger partial charge in [0.05, 0.1) is 5.56 Å². The molecule has 7 heteroatoms. The summed E-state index contributed by atoms with van der Waals surface area (Å²) in [4.78, 5) is 45.2. The molecule has 1 saturated carbocycles. The zero-order valence-electron chi connectivity index (χ0n) is 20.2. The maximum absolute atomic E-state index is 13.6. The van der Waals surface area contributed by atoms with E-state index in [9.17, 15) is 14.4 Å². The number of carbonyl (C=O) groups excluding carboxylic acids is 3. The van der Waals surface area contributed by atoms with E-state index in [4.69, 9.17) is 0 Å². The van der Waals surface area contributed by atoms with Crippen LogP contribution in [0.15, 0.2) is 48.5 Å². The number of piperidine rings is 1. The summed E-state index contributed by atoms with van der Waals surface area (Å²) in [5.74, 6) is 0.338. The summed E-state index contributed by atoms with van der Waals surface area (Å²) in [7, 11) is 0. The minimum absolute atomic E-state index is 0.0191. The molecule has 35 heavy (non-hydrogen) atoms. The molecule has 2 aliphatic heterocycles. The van der Waals surface area contributed by atoms with Gasteiger partial charge < -0.3 is 20.0 Å². The highest BCUT2D eigenvalue weighted by atomic mass is 16.2. The third kappa shape index (κ3) is 5.50. The van der Waals surface area contributed by atoms with Crippen molar-refractivity contribution in [2.45, 2.75) is 38.5 Å². The number of carbonyl (C=O) groups is 3. The van der Waals surface area contributed by atoms with E-state index in [1.54, 1.807) is 12.1 Å². The smallest absolute Gasteiger partial charge is 0.256 e. The van der Waals surface area contributed by atoms with Crippen LogP contribution in [0, 0.1) is 5.92 Å². The van der Waals surface area contributed by atoms with E-state index in [0.717, 1.165) is 70.4 Å². The van der Waals surface area contributed by atoms with Gasteiger partial charge in [-0.1, -0.05) is 18.2 Å². The molecule has 0 aromatic heterocycles. The average Bonchev–Trinajstić information content (AvgIpc) is 3.76. The second-order valence-electron chi connectivity index (χ2n) is 9.85. The Morgan fingerprint density at radius 2 is 1.49 bits per heavy atom. The van der Waals surface area contributed by atoms with Gasteiger partial charge in [-0.05, 0) is 68.9 Å². The monoisotopic (exact) mass is 474 g/mol. The molecule has 3 aliphatic rings. The first-order valence-corrected chi connectivity index (χ1v) is 12.9. The van der Waals surface area contributed by atoms with Crippen LogP contribution in [-0.2, 0) is 4.79 Å². The van der Waals surface area contributed by atoms with Crippen molar-refractivity contribution < 1.29 is 14.4 Å². The van der Waals surface area contributed by atoms with Crippen molar-refractivity contribution in [1.82, 2.24) is 9.80 Å². The number of anilines is 2. The van der Waals surface area contributed by atoms with Crippen molar-refractivity contribution in [3.8, 4) is 0 Å². The van der Waals surface area contributed by atoms with Crippen LogP contribution in [0.4, 0.5) is 11.4 Å². The SMILES string of the molecule is O=C(Nc1ccc(N2CCCN(C(=O)C3CC3)CC2)c(C(=O)N2CCCCC2)c1)c1ccccc1. The van der Waals surface area contributed by atoms with Crippen molar-refractivity contribution >= 4 is 29.1 Å². The van der Waals surface area contributed by atoms with Gasteiger partial charge in [-0.2, -0.15) is 0 Å². The lowest BCUT2D eigenvalue weighted by molar-refractivity contribution is -0.132. The number of benzene rings is 2. The van der Waals surface area contributed by atoms with Gasteiger partial charge in [0.15, 0.2) is 0 Å². The Bertz CT molecular complexity index is 1080. The Balaban J connectivity index is 1.39. The molecule has 2 saturated heterocycles. The van der Waals surface area contributed by atoms with Gasteiger partial charge in [0, 0.05) is 62.1 Å². The average molecular weight is 475 g/mol. The van der Waals surface area contributed by atoms with Gasteiger partial charge in [0.25, 0.3) is 11.8 Å². The molecule has 0 unspecified atom stereocenters. The molecule has 0 radical (unpaired) electrons. The molecule has 184 valence electrons. The van der Waals surface area contributed by atoms with Gasteiger partial charge in [-0.3, -0.25) is 14.4 Å². The summed E-state index contributed by atoms with van der Waals surface area (Å²) in [6.07, 6.45) is 6.11. The van der Waals surface area contributed by atoms with E-state index >= 15 is 0 Å². The zero-order chi connectivity index (χ0) is 24.2. The molecule has 5 rings (SSSR count). The maximum Gasteiger partial charge on any atom is 0.256 e. The molecular formula is C28H34N4O3. The molecule has 1 aliphatic carbocycles. The molecule has 2 heterocycles. The van der Waals surface area contributed by atoms with Crippen molar-refractivity contribution in [2.24, 2.45) is 5.92 Å². The van der Waals surface area contributed by atoms with E-state index in [1.165, 1.54) is 0 Å². The Kier molecular flexibility index (Phi) is 7.02. The molecular weight excluding hydrogens is 440 g/mol. The van der Waals surface area contributed by atoms with Crippen LogP contribution in [0.5, 0.6) is 0 Å². The van der Waals surface area contributed by atoms with Crippen molar-refractivity contribution in [3.05, 3.63) is 59.7 Å². The molecule has 2 aromatic rings. The third-order valence-electron chi connectivity index (χ3n) is 7.24. The Morgan fingerprint density at radius 3 is 2.23 bits per heavy atom. The largest absolute Gasteiger partial charge is 0.369 e. The normalized spacial score (nSPS) is 18.7. The third-order valence-corrected chi connectivity index (χ3v) is 7.24. The maximum atomic E-state index is 13.6. The van der Waals surface area contributed by atoms with E-state index in [2.05, 4.69) is 10.2 Å². The van der Waals surface area contributed by atoms with Gasteiger partial charge in [0.2, 0.25) is 5.91 Å². The molecule has 3 amide bonds. The fourth-order valence-electron chi connectivity index (χ4n) is 5.09. The van der Waals surface area contributed by atoms with Gasteiger partial charge in [-0.25, -0.2) is 0 Å². The van der Waals surface area contributed by atoms with E-state index in [-0.39, 0.29) is 23.6 Å². The minimum atomic E-state index is -0.196. The Morgan fingerprint density at radius 1 is 0.743 bits per heavy atom. The van der Waals surface area contributed by atoms with E-state index in [1.807, 2.05) is 46.2 Å². The molecule has 7 nitrogen and oxygen atoms in total. The predicted molar refractivity (Wildman–Crippen MR) is 137 cm³/mol. The van der Waals surface area contributed by atoms with Gasteiger partial charge in [0.1, 0.15) is 0 Å². The standard InChI is InChI=1S/C28H34N4O3/c33-26(21-8-3-1-4-9-21)29-23-12-13-25(24(20-23)28(35)31-14-5-2-6-15-31)30-16-7-17-32(19-18-30)27(34)22-10-11-22/h1,3-4,8-9,12-13,20,22H,2,5-7,10-11,14-19H2,(H,29,33). The van der Waals surface area contributed by atoms with Crippen molar-refractivity contribution in [1.29, 1.82) is 0 Å². The number of amides is 3. The number of nitrogens with zero attached hydrogens (tertiary/aromatic N) is 3. The second kappa shape index (κ2) is 10.5. The first-order chi connectivity index (χ1) is 17.1. The minimum Gasteiger partial charge on any atom is -0.369 e. The first-order valence-electron chi connectivity index (χ1n) is 12.9. The van der Waals surface area contributed by atoms with E-state index in [0.29, 0.717) is 29.9 Å². The van der Waals surface area contributed by atoms with Crippen LogP contribution < -0.4 is 10.2 Å². The van der Waals surface area contributed by atoms with Crippen LogP contribution >= 0.6 is 0 Å². The summed E-state index contributed by atoms with van der Waals surface area (Å²) in [5, 5.41) is 2.96. The molecule has 0 spiro atoms. The lowest BCUT2D eigenvalue weighted by atomic mass is 10.1. The highest BCUT2D eigenvalue weighted by molar-refractivity contribution is 6.06. The molecule has 2 aromatic carbocycles. The number of likely N-dealkylation sites (tertiary alicyclic amines) is 1. The van der Waals surface area contributed by atoms with Crippen LogP contribution in [0.1, 0.15) is 59.2 Å². The zero-order valence-corrected chi connectivity index (χ0v) is 20.2. The highest BCUT2D eigenvalue weighted by Crippen LogP contribution is 2.32. The molecule has 0 atom stereocenters. The van der Waals surface area contributed by atoms with Crippen LogP contribution in [-0.4, -0.2) is 66.8 Å². The fraction of sp³-hybridized carbons (Fsp3) is 0.464. The fourth-order valence-corrected chi connectivity index (χ4v) is 5.09. The lowest BCUT2D eigenvalue weighted by Gasteiger charge is -2.30. The molecule has 1 N–H and O–H groups in total. The Labute approximate surface area is 207 Å².